The quantitative estimate of drug-likeness (QED) is 0.711. The molecule has 0 radical (unpaired) electrons. The highest BCUT2D eigenvalue weighted by atomic mass is 28.4. The second-order valence-electron chi connectivity index (χ2n) is 6.05. The molecule has 4 heteroatoms. The van der Waals surface area contributed by atoms with Gasteiger partial charge in [-0.3, -0.25) is 0 Å². The molecule has 0 spiro atoms. The molecule has 0 aromatic heterocycles. The molecule has 0 saturated carbocycles. The average molecular weight is 231 g/mol. The largest absolute Gasteiger partial charge is 0.413 e. The smallest absolute Gasteiger partial charge is 0.192 e. The van der Waals surface area contributed by atoms with Crippen LogP contribution in [0.15, 0.2) is 0 Å². The minimum absolute atomic E-state index is 0.189. The Labute approximate surface area is 94.3 Å². The van der Waals surface area contributed by atoms with Crippen molar-refractivity contribution < 1.29 is 9.53 Å². The lowest BCUT2D eigenvalue weighted by Crippen LogP contribution is -2.51. The van der Waals surface area contributed by atoms with Crippen molar-refractivity contribution in [3.05, 3.63) is 0 Å². The van der Waals surface area contributed by atoms with Crippen LogP contribution in [0.2, 0.25) is 18.1 Å². The highest BCUT2D eigenvalue weighted by Crippen LogP contribution is 2.37. The number of nitrogens with one attached hydrogen (secondary N) is 1. The van der Waals surface area contributed by atoms with Gasteiger partial charge in [-0.1, -0.05) is 20.8 Å². The van der Waals surface area contributed by atoms with E-state index in [1.165, 1.54) is 0 Å². The molecule has 2 N–H and O–H groups in total. The first kappa shape index (κ1) is 13.2. The van der Waals surface area contributed by atoms with Crippen molar-refractivity contribution in [1.82, 2.24) is 5.32 Å². The second-order valence-corrected chi connectivity index (χ2v) is 10.8. The van der Waals surface area contributed by atoms with E-state index in [1.54, 1.807) is 0 Å². The number of β-amino-alcohol motifs (C(OH)–C–C–N with tert-alkyl or cyclic N) is 1. The summed E-state index contributed by atoms with van der Waals surface area (Å²) >= 11 is 0. The van der Waals surface area contributed by atoms with E-state index < -0.39 is 8.32 Å². The highest BCUT2D eigenvalue weighted by molar-refractivity contribution is 6.74. The lowest BCUT2D eigenvalue weighted by molar-refractivity contribution is 0.0586. The summed E-state index contributed by atoms with van der Waals surface area (Å²) < 4.78 is 6.23. The molecule has 1 heterocycles. The lowest BCUT2D eigenvalue weighted by Gasteiger charge is -2.41. The van der Waals surface area contributed by atoms with Gasteiger partial charge in [-0.05, 0) is 18.1 Å². The van der Waals surface area contributed by atoms with Gasteiger partial charge in [-0.15, -0.1) is 0 Å². The highest BCUT2D eigenvalue weighted by Gasteiger charge is 2.39. The molecule has 0 aromatic carbocycles. The molecule has 15 heavy (non-hydrogen) atoms. The van der Waals surface area contributed by atoms with Gasteiger partial charge in [-0.2, -0.15) is 0 Å². The zero-order valence-electron chi connectivity index (χ0n) is 10.6. The van der Waals surface area contributed by atoms with Crippen LogP contribution in [0.25, 0.3) is 0 Å². The Morgan fingerprint density at radius 3 is 2.33 bits per heavy atom. The summed E-state index contributed by atoms with van der Waals surface area (Å²) in [6, 6.07) is 0. The predicted octanol–water partition coefficient (Wildman–Crippen LogP) is 1.73. The van der Waals surface area contributed by atoms with Crippen LogP contribution in [0, 0.1) is 0 Å². The van der Waals surface area contributed by atoms with Crippen molar-refractivity contribution in [2.24, 2.45) is 0 Å². The first-order valence-corrected chi connectivity index (χ1v) is 8.70. The zero-order valence-corrected chi connectivity index (χ0v) is 11.6. The predicted molar refractivity (Wildman–Crippen MR) is 65.6 cm³/mol. The molecule has 1 aliphatic heterocycles. The molecule has 90 valence electrons. The fourth-order valence-corrected chi connectivity index (χ4v) is 2.93. The molecule has 1 aliphatic rings. The number of rotatable bonds is 2. The fraction of sp³-hybridized carbons (Fsp3) is 1.00. The number of aliphatic hydroxyl groups is 1. The molecule has 0 aliphatic carbocycles. The van der Waals surface area contributed by atoms with Crippen LogP contribution in [-0.4, -0.2) is 38.7 Å². The average Bonchev–Trinajstić information content (AvgIpc) is 2.00. The van der Waals surface area contributed by atoms with E-state index in [-0.39, 0.29) is 17.2 Å². The van der Waals surface area contributed by atoms with E-state index >= 15 is 0 Å². The minimum atomic E-state index is -1.67. The van der Waals surface area contributed by atoms with Gasteiger partial charge in [0.15, 0.2) is 8.32 Å². The van der Waals surface area contributed by atoms with Crippen molar-refractivity contribution in [2.75, 3.05) is 13.1 Å². The summed E-state index contributed by atoms with van der Waals surface area (Å²) in [6.07, 6.45) is 0.725. The number of piperidine rings is 1. The Kier molecular flexibility index (Phi) is 3.98. The SMILES string of the molecule is CC(C)(C)[Si](C)(C)O[C@H]1CNC[C@@H](O)C1. The summed E-state index contributed by atoms with van der Waals surface area (Å²) in [5.74, 6) is 0. The van der Waals surface area contributed by atoms with Crippen LogP contribution in [0.4, 0.5) is 0 Å². The van der Waals surface area contributed by atoms with E-state index in [0.29, 0.717) is 6.54 Å². The number of hydrogen-bond donors (Lipinski definition) is 2. The Bertz CT molecular complexity index is 213. The van der Waals surface area contributed by atoms with Gasteiger partial charge in [0, 0.05) is 19.5 Å². The van der Waals surface area contributed by atoms with Crippen LogP contribution >= 0.6 is 0 Å². The Morgan fingerprint density at radius 2 is 1.87 bits per heavy atom. The van der Waals surface area contributed by atoms with Gasteiger partial charge in [0.2, 0.25) is 0 Å². The van der Waals surface area contributed by atoms with E-state index in [1.807, 2.05) is 0 Å². The molecular weight excluding hydrogens is 206 g/mol. The maximum absolute atomic E-state index is 9.55. The Morgan fingerprint density at radius 1 is 1.27 bits per heavy atom. The van der Waals surface area contributed by atoms with Crippen LogP contribution < -0.4 is 5.32 Å². The summed E-state index contributed by atoms with van der Waals surface area (Å²) in [4.78, 5) is 0. The van der Waals surface area contributed by atoms with Gasteiger partial charge in [0.25, 0.3) is 0 Å². The Hall–Kier alpha value is 0.0969. The molecule has 1 fully saturated rings. The van der Waals surface area contributed by atoms with Crippen LogP contribution in [-0.2, 0) is 4.43 Å². The van der Waals surface area contributed by atoms with Crippen molar-refractivity contribution in [3.8, 4) is 0 Å². The summed E-state index contributed by atoms with van der Waals surface area (Å²) in [7, 11) is -1.67. The maximum atomic E-state index is 9.55. The van der Waals surface area contributed by atoms with Crippen molar-refractivity contribution in [3.63, 3.8) is 0 Å². The molecule has 1 saturated heterocycles. The fourth-order valence-electron chi connectivity index (χ4n) is 1.56. The van der Waals surface area contributed by atoms with Crippen molar-refractivity contribution >= 4 is 8.32 Å². The Balaban J connectivity index is 2.53. The third kappa shape index (κ3) is 3.55. The van der Waals surface area contributed by atoms with Crippen LogP contribution in [0.3, 0.4) is 0 Å². The van der Waals surface area contributed by atoms with Crippen molar-refractivity contribution in [1.29, 1.82) is 0 Å². The third-order valence-electron chi connectivity index (χ3n) is 3.55. The van der Waals surface area contributed by atoms with Gasteiger partial charge in [0.1, 0.15) is 0 Å². The molecule has 0 bridgehead atoms. The first-order chi connectivity index (χ1) is 6.72. The van der Waals surface area contributed by atoms with E-state index in [4.69, 9.17) is 4.43 Å². The first-order valence-electron chi connectivity index (χ1n) is 5.79. The van der Waals surface area contributed by atoms with Gasteiger partial charge >= 0.3 is 0 Å². The summed E-state index contributed by atoms with van der Waals surface area (Å²) in [6.45, 7) is 12.8. The van der Waals surface area contributed by atoms with E-state index in [2.05, 4.69) is 39.2 Å². The lowest BCUT2D eigenvalue weighted by atomic mass is 10.1. The molecule has 0 aromatic rings. The van der Waals surface area contributed by atoms with E-state index in [9.17, 15) is 5.11 Å². The number of hydrogen-bond acceptors (Lipinski definition) is 3. The minimum Gasteiger partial charge on any atom is -0.413 e. The molecule has 3 nitrogen and oxygen atoms in total. The maximum Gasteiger partial charge on any atom is 0.192 e. The zero-order chi connectivity index (χ0) is 11.7. The third-order valence-corrected chi connectivity index (χ3v) is 8.09. The summed E-state index contributed by atoms with van der Waals surface area (Å²) in [5, 5.41) is 13.0. The van der Waals surface area contributed by atoms with Gasteiger partial charge in [-0.25, -0.2) is 0 Å². The second kappa shape index (κ2) is 4.53. The molecule has 2 atom stereocenters. The van der Waals surface area contributed by atoms with Crippen LogP contribution in [0.5, 0.6) is 0 Å². The molecule has 0 amide bonds. The molecule has 1 rings (SSSR count). The van der Waals surface area contributed by atoms with Crippen LogP contribution in [0.1, 0.15) is 27.2 Å². The van der Waals surface area contributed by atoms with Crippen molar-refractivity contribution in [2.45, 2.75) is 57.5 Å². The molecular formula is C11H25NO2Si. The number of aliphatic hydroxyl groups excluding tert-OH is 1. The summed E-state index contributed by atoms with van der Waals surface area (Å²) in [5.41, 5.74) is 0. The van der Waals surface area contributed by atoms with Gasteiger partial charge in [0.05, 0.1) is 12.2 Å². The van der Waals surface area contributed by atoms with E-state index in [0.717, 1.165) is 13.0 Å². The van der Waals surface area contributed by atoms with Gasteiger partial charge < -0.3 is 14.8 Å². The topological polar surface area (TPSA) is 41.5 Å². The monoisotopic (exact) mass is 231 g/mol. The normalized spacial score (nSPS) is 29.2. The standard InChI is InChI=1S/C11H25NO2Si/c1-11(2,3)15(4,5)14-10-6-9(13)7-12-8-10/h9-10,12-13H,6-8H2,1-5H3/t9-,10+/m0/s1. The molecule has 0 unspecified atom stereocenters.